The summed E-state index contributed by atoms with van der Waals surface area (Å²) in [5, 5.41) is 1.81. The molecule has 2 aromatic rings. The van der Waals surface area contributed by atoms with E-state index < -0.39 is 0 Å². The molecule has 0 aliphatic carbocycles. The monoisotopic (exact) mass is 298 g/mol. The van der Waals surface area contributed by atoms with Gasteiger partial charge in [-0.1, -0.05) is 15.9 Å². The third-order valence-electron chi connectivity index (χ3n) is 2.50. The number of rotatable bonds is 6. The molecule has 0 fully saturated rings. The second-order valence-electron chi connectivity index (χ2n) is 3.75. The van der Waals surface area contributed by atoms with Crippen molar-refractivity contribution >= 4 is 26.9 Å². The van der Waals surface area contributed by atoms with Crippen molar-refractivity contribution in [1.82, 2.24) is 0 Å². The molecule has 0 unspecified atom stereocenters. The molecule has 0 saturated carbocycles. The Morgan fingerprint density at radius 3 is 2.94 bits per heavy atom. The maximum absolute atomic E-state index is 5.76. The summed E-state index contributed by atoms with van der Waals surface area (Å²) in [6, 6.07) is 5.99. The Bertz CT molecular complexity index is 478. The van der Waals surface area contributed by atoms with E-state index in [9.17, 15) is 0 Å². The van der Waals surface area contributed by atoms with Crippen molar-refractivity contribution in [1.29, 1.82) is 0 Å². The minimum absolute atomic E-state index is 0.653. The van der Waals surface area contributed by atoms with Crippen LogP contribution in [0.3, 0.4) is 0 Å². The van der Waals surface area contributed by atoms with Gasteiger partial charge >= 0.3 is 0 Å². The van der Waals surface area contributed by atoms with Crippen LogP contribution in [-0.4, -0.2) is 20.3 Å². The number of benzene rings is 1. The predicted molar refractivity (Wildman–Crippen MR) is 70.8 cm³/mol. The average molecular weight is 299 g/mol. The number of hydrogen-bond acceptors (Lipinski definition) is 3. The third kappa shape index (κ3) is 3.01. The highest BCUT2D eigenvalue weighted by molar-refractivity contribution is 9.08. The smallest absolute Gasteiger partial charge is 0.137 e. The Morgan fingerprint density at radius 2 is 2.18 bits per heavy atom. The fourth-order valence-corrected chi connectivity index (χ4v) is 2.00. The molecule has 3 nitrogen and oxygen atoms in total. The minimum Gasteiger partial charge on any atom is -0.493 e. The van der Waals surface area contributed by atoms with Crippen molar-refractivity contribution in [2.45, 2.75) is 11.8 Å². The molecule has 0 atom stereocenters. The van der Waals surface area contributed by atoms with Gasteiger partial charge in [0.25, 0.3) is 0 Å². The van der Waals surface area contributed by atoms with Crippen LogP contribution < -0.4 is 4.74 Å². The van der Waals surface area contributed by atoms with Crippen LogP contribution in [0.15, 0.2) is 28.9 Å². The van der Waals surface area contributed by atoms with E-state index in [2.05, 4.69) is 15.9 Å². The van der Waals surface area contributed by atoms with Gasteiger partial charge < -0.3 is 13.9 Å². The minimum atomic E-state index is 0.653. The van der Waals surface area contributed by atoms with Gasteiger partial charge in [-0.05, 0) is 23.8 Å². The Labute approximate surface area is 109 Å². The highest BCUT2D eigenvalue weighted by atomic mass is 79.9. The lowest BCUT2D eigenvalue weighted by Crippen LogP contribution is -2.01. The number of fused-ring (bicyclic) bond motifs is 1. The zero-order chi connectivity index (χ0) is 12.1. The molecule has 4 heteroatoms. The van der Waals surface area contributed by atoms with Gasteiger partial charge in [0, 0.05) is 25.5 Å². The number of furan rings is 1. The van der Waals surface area contributed by atoms with Crippen LogP contribution in [0.4, 0.5) is 0 Å². The second-order valence-corrected chi connectivity index (χ2v) is 4.32. The first-order valence-corrected chi connectivity index (χ1v) is 6.65. The molecule has 1 aromatic heterocycles. The van der Waals surface area contributed by atoms with Gasteiger partial charge in [0.2, 0.25) is 0 Å². The normalized spacial score (nSPS) is 10.9. The molecule has 0 aliphatic rings. The van der Waals surface area contributed by atoms with Gasteiger partial charge in [-0.25, -0.2) is 0 Å². The molecular formula is C13H15BrO3. The van der Waals surface area contributed by atoms with E-state index in [1.165, 1.54) is 0 Å². The standard InChI is InChI=1S/C13H15BrO3/c1-15-4-2-5-16-12-7-10(9-14)8-13-11(12)3-6-17-13/h3,6-8H,2,4-5,9H2,1H3. The summed E-state index contributed by atoms with van der Waals surface area (Å²) in [5.74, 6) is 0.877. The van der Waals surface area contributed by atoms with Gasteiger partial charge in [-0.2, -0.15) is 0 Å². The van der Waals surface area contributed by atoms with Gasteiger partial charge in [0.1, 0.15) is 11.3 Å². The van der Waals surface area contributed by atoms with Crippen LogP contribution in [-0.2, 0) is 10.1 Å². The quantitative estimate of drug-likeness (QED) is 0.601. The van der Waals surface area contributed by atoms with E-state index in [0.717, 1.165) is 34.0 Å². The van der Waals surface area contributed by atoms with E-state index in [4.69, 9.17) is 13.9 Å². The highest BCUT2D eigenvalue weighted by Gasteiger charge is 2.07. The van der Waals surface area contributed by atoms with Crippen molar-refractivity contribution in [2.24, 2.45) is 0 Å². The molecule has 17 heavy (non-hydrogen) atoms. The van der Waals surface area contributed by atoms with Crippen molar-refractivity contribution in [3.8, 4) is 5.75 Å². The first kappa shape index (κ1) is 12.5. The molecular weight excluding hydrogens is 284 g/mol. The highest BCUT2D eigenvalue weighted by Crippen LogP contribution is 2.29. The molecule has 1 aromatic carbocycles. The number of halogens is 1. The van der Waals surface area contributed by atoms with Gasteiger partial charge in [0.05, 0.1) is 18.3 Å². The van der Waals surface area contributed by atoms with E-state index in [1.807, 2.05) is 18.2 Å². The van der Waals surface area contributed by atoms with Gasteiger partial charge in [-0.3, -0.25) is 0 Å². The van der Waals surface area contributed by atoms with E-state index in [1.54, 1.807) is 13.4 Å². The Hall–Kier alpha value is -1.00. The maximum Gasteiger partial charge on any atom is 0.137 e. The summed E-state index contributed by atoms with van der Waals surface area (Å²) < 4.78 is 16.2. The maximum atomic E-state index is 5.76. The molecule has 0 aliphatic heterocycles. The molecule has 0 amide bonds. The summed E-state index contributed by atoms with van der Waals surface area (Å²) >= 11 is 3.44. The third-order valence-corrected chi connectivity index (χ3v) is 3.15. The Balaban J connectivity index is 2.16. The van der Waals surface area contributed by atoms with Gasteiger partial charge in [0.15, 0.2) is 0 Å². The first-order valence-electron chi connectivity index (χ1n) is 5.53. The van der Waals surface area contributed by atoms with Crippen LogP contribution >= 0.6 is 15.9 Å². The van der Waals surface area contributed by atoms with E-state index in [-0.39, 0.29) is 0 Å². The van der Waals surface area contributed by atoms with Crippen molar-refractivity contribution in [3.05, 3.63) is 30.0 Å². The SMILES string of the molecule is COCCCOc1cc(CBr)cc2occc12. The lowest BCUT2D eigenvalue weighted by Gasteiger charge is -2.08. The van der Waals surface area contributed by atoms with Crippen molar-refractivity contribution < 1.29 is 13.9 Å². The number of alkyl halides is 1. The summed E-state index contributed by atoms with van der Waals surface area (Å²) in [6.45, 7) is 1.37. The fraction of sp³-hybridized carbons (Fsp3) is 0.385. The Kier molecular flexibility index (Phi) is 4.45. The molecule has 0 spiro atoms. The number of ether oxygens (including phenoxy) is 2. The second kappa shape index (κ2) is 6.07. The van der Waals surface area contributed by atoms with Crippen LogP contribution in [0.1, 0.15) is 12.0 Å². The van der Waals surface area contributed by atoms with Crippen LogP contribution in [0.2, 0.25) is 0 Å². The van der Waals surface area contributed by atoms with Crippen molar-refractivity contribution in [3.63, 3.8) is 0 Å². The van der Waals surface area contributed by atoms with Crippen LogP contribution in [0.5, 0.6) is 5.75 Å². The largest absolute Gasteiger partial charge is 0.493 e. The lowest BCUT2D eigenvalue weighted by atomic mass is 10.2. The molecule has 1 heterocycles. The summed E-state index contributed by atoms with van der Waals surface area (Å²) in [5.41, 5.74) is 2.01. The van der Waals surface area contributed by atoms with E-state index in [0.29, 0.717) is 13.2 Å². The fourth-order valence-electron chi connectivity index (χ4n) is 1.67. The number of hydrogen-bond donors (Lipinski definition) is 0. The van der Waals surface area contributed by atoms with Gasteiger partial charge in [-0.15, -0.1) is 0 Å². The number of methoxy groups -OCH3 is 1. The first-order chi connectivity index (χ1) is 8.35. The molecule has 0 bridgehead atoms. The summed E-state index contributed by atoms with van der Waals surface area (Å²) in [7, 11) is 1.69. The van der Waals surface area contributed by atoms with Crippen molar-refractivity contribution in [2.75, 3.05) is 20.3 Å². The zero-order valence-corrected chi connectivity index (χ0v) is 11.3. The molecule has 2 rings (SSSR count). The van der Waals surface area contributed by atoms with Crippen LogP contribution in [0.25, 0.3) is 11.0 Å². The molecule has 0 N–H and O–H groups in total. The topological polar surface area (TPSA) is 31.6 Å². The Morgan fingerprint density at radius 1 is 1.29 bits per heavy atom. The molecule has 92 valence electrons. The lowest BCUT2D eigenvalue weighted by molar-refractivity contribution is 0.172. The predicted octanol–water partition coefficient (Wildman–Crippen LogP) is 3.74. The van der Waals surface area contributed by atoms with Crippen LogP contribution in [0, 0.1) is 0 Å². The summed E-state index contributed by atoms with van der Waals surface area (Å²) in [6.07, 6.45) is 2.57. The molecule has 0 radical (unpaired) electrons. The summed E-state index contributed by atoms with van der Waals surface area (Å²) in [4.78, 5) is 0. The molecule has 0 saturated heterocycles. The average Bonchev–Trinajstić information content (AvgIpc) is 2.82. The zero-order valence-electron chi connectivity index (χ0n) is 9.74. The van der Waals surface area contributed by atoms with E-state index >= 15 is 0 Å².